The second kappa shape index (κ2) is 10.2. The summed E-state index contributed by atoms with van der Waals surface area (Å²) in [5, 5.41) is 14.5. The molecule has 3 amide bonds. The number of carbonyl (C=O) groups is 4. The molecule has 194 valence electrons. The van der Waals surface area contributed by atoms with Crippen LogP contribution in [0, 0.1) is 0 Å². The minimum Gasteiger partial charge on any atom is -0.480 e. The summed E-state index contributed by atoms with van der Waals surface area (Å²) in [5.74, 6) is -2.56. The molecule has 2 aromatic rings. The van der Waals surface area contributed by atoms with Crippen molar-refractivity contribution in [2.45, 2.75) is 55.1 Å². The number of nitrogens with two attached hydrogens (primary N) is 1. The minimum absolute atomic E-state index is 0.130. The first-order valence-corrected chi connectivity index (χ1v) is 12.5. The van der Waals surface area contributed by atoms with E-state index in [2.05, 4.69) is 20.6 Å². The van der Waals surface area contributed by atoms with E-state index in [0.717, 1.165) is 0 Å². The van der Waals surface area contributed by atoms with E-state index in [1.165, 1.54) is 22.9 Å². The van der Waals surface area contributed by atoms with Crippen LogP contribution in [0.1, 0.15) is 37.9 Å². The lowest BCUT2D eigenvalue weighted by Crippen LogP contribution is -2.71. The lowest BCUT2D eigenvalue weighted by Gasteiger charge is -2.44. The number of hydrogen-bond donors (Lipinski definition) is 4. The van der Waals surface area contributed by atoms with Crippen LogP contribution in [0.5, 0.6) is 0 Å². The van der Waals surface area contributed by atoms with Crippen molar-refractivity contribution in [1.82, 2.24) is 20.5 Å². The summed E-state index contributed by atoms with van der Waals surface area (Å²) in [4.78, 5) is 60.5. The minimum atomic E-state index is -1.11. The molecule has 2 fully saturated rings. The van der Waals surface area contributed by atoms with Gasteiger partial charge in [0.05, 0.1) is 0 Å². The first kappa shape index (κ1) is 26.1. The van der Waals surface area contributed by atoms with E-state index in [-0.39, 0.29) is 5.84 Å². The molecular weight excluding hydrogens is 496 g/mol. The van der Waals surface area contributed by atoms with Crippen molar-refractivity contribution in [2.24, 2.45) is 10.7 Å². The highest BCUT2D eigenvalue weighted by atomic mass is 32.2. The molecular formula is C25H28N6O5S. The predicted octanol–water partition coefficient (Wildman–Crippen LogP) is 0.665. The Labute approximate surface area is 217 Å². The van der Waals surface area contributed by atoms with E-state index >= 15 is 0 Å². The Hall–Kier alpha value is -3.93. The Morgan fingerprint density at radius 2 is 1.86 bits per heavy atom. The first-order valence-electron chi connectivity index (χ1n) is 11.6. The zero-order valence-electron chi connectivity index (χ0n) is 20.5. The van der Waals surface area contributed by atoms with Gasteiger partial charge in [0.1, 0.15) is 35.4 Å². The van der Waals surface area contributed by atoms with Crippen molar-refractivity contribution in [1.29, 1.82) is 0 Å². The van der Waals surface area contributed by atoms with Gasteiger partial charge in [-0.1, -0.05) is 30.3 Å². The van der Waals surface area contributed by atoms with Gasteiger partial charge in [-0.05, 0) is 38.5 Å². The number of amides is 3. The number of aromatic nitrogens is 1. The number of carboxylic acid groups (broad SMARTS) is 1. The number of pyridine rings is 1. The van der Waals surface area contributed by atoms with Gasteiger partial charge in [-0.15, -0.1) is 11.8 Å². The number of nitrogens with one attached hydrogen (secondary N) is 2. The van der Waals surface area contributed by atoms with Crippen LogP contribution in [0.15, 0.2) is 59.9 Å². The number of nitrogens with zero attached hydrogens (tertiary/aromatic N) is 3. The highest BCUT2D eigenvalue weighted by molar-refractivity contribution is 8.01. The molecule has 2 aliphatic heterocycles. The molecule has 0 radical (unpaired) electrons. The van der Waals surface area contributed by atoms with Crippen molar-refractivity contribution in [3.8, 4) is 0 Å². The molecule has 2 saturated heterocycles. The fraction of sp³-hybridized carbons (Fsp3) is 0.360. The van der Waals surface area contributed by atoms with E-state index in [4.69, 9.17) is 5.73 Å². The summed E-state index contributed by atoms with van der Waals surface area (Å²) in [7, 11) is 0. The Kier molecular flexibility index (Phi) is 7.21. The second-order valence-electron chi connectivity index (χ2n) is 9.37. The summed E-state index contributed by atoms with van der Waals surface area (Å²) in [6, 6.07) is 8.10. The third-order valence-electron chi connectivity index (χ3n) is 6.32. The van der Waals surface area contributed by atoms with E-state index < -0.39 is 58.0 Å². The highest BCUT2D eigenvalue weighted by Crippen LogP contribution is 2.50. The average Bonchev–Trinajstić information content (AvgIpc) is 3.14. The van der Waals surface area contributed by atoms with Crippen molar-refractivity contribution in [3.63, 3.8) is 0 Å². The number of rotatable bonds is 8. The number of benzene rings is 1. The molecule has 2 aliphatic rings. The lowest BCUT2D eigenvalue weighted by atomic mass is 9.95. The van der Waals surface area contributed by atoms with Crippen LogP contribution in [0.4, 0.5) is 0 Å². The normalized spacial score (nSPS) is 23.9. The molecule has 11 nitrogen and oxygen atoms in total. The number of β-lactam (4-membered cyclic amide) rings is 1. The molecule has 2 unspecified atom stereocenters. The maximum Gasteiger partial charge on any atom is 0.327 e. The molecule has 37 heavy (non-hydrogen) atoms. The SMILES string of the molecule is CC(N=C(N)c1cccnc1)C(=O)NC(C(=O)N[C@@H]1C(=O)N2[C@@H]1SC(C)(C)[C@@H]2C(=O)O)c1ccccc1. The highest BCUT2D eigenvalue weighted by Gasteiger charge is 2.64. The molecule has 3 heterocycles. The van der Waals surface area contributed by atoms with Crippen LogP contribution in [0.2, 0.25) is 0 Å². The van der Waals surface area contributed by atoms with Crippen LogP contribution in [-0.2, 0) is 19.2 Å². The zero-order valence-corrected chi connectivity index (χ0v) is 21.3. The van der Waals surface area contributed by atoms with Crippen molar-refractivity contribution >= 4 is 41.3 Å². The topological polar surface area (TPSA) is 167 Å². The Morgan fingerprint density at radius 3 is 2.49 bits per heavy atom. The smallest absolute Gasteiger partial charge is 0.327 e. The first-order chi connectivity index (χ1) is 17.5. The molecule has 0 bridgehead atoms. The molecule has 0 spiro atoms. The largest absolute Gasteiger partial charge is 0.480 e. The van der Waals surface area contributed by atoms with Gasteiger partial charge in [-0.25, -0.2) is 4.79 Å². The summed E-state index contributed by atoms with van der Waals surface area (Å²) >= 11 is 1.32. The van der Waals surface area contributed by atoms with Crippen LogP contribution in [-0.4, -0.2) is 72.8 Å². The number of amidine groups is 1. The van der Waals surface area contributed by atoms with Gasteiger partial charge in [-0.3, -0.25) is 24.4 Å². The van der Waals surface area contributed by atoms with Gasteiger partial charge in [0.2, 0.25) is 17.7 Å². The van der Waals surface area contributed by atoms with Gasteiger partial charge >= 0.3 is 5.97 Å². The Bertz CT molecular complexity index is 1240. The average molecular weight is 525 g/mol. The monoisotopic (exact) mass is 524 g/mol. The summed E-state index contributed by atoms with van der Waals surface area (Å²) < 4.78 is -0.722. The molecule has 5 atom stereocenters. The van der Waals surface area contributed by atoms with Crippen LogP contribution in [0.3, 0.4) is 0 Å². The molecule has 0 saturated carbocycles. The fourth-order valence-corrected chi connectivity index (χ4v) is 6.07. The fourth-order valence-electron chi connectivity index (χ4n) is 4.45. The standard InChI is InChI=1S/C25H28N6O5S/c1-13(28-19(26)15-10-7-11-27-12-15)20(32)29-16(14-8-5-4-6-9-14)21(33)30-17-22(34)31-18(24(35)36)25(2,3)37-23(17)31/h4-13,16-18,23H,1-3H3,(H2,26,28)(H,29,32)(H,30,33)(H,35,36)/t13?,16?,17-,18+,23-/m1/s1. The van der Waals surface area contributed by atoms with E-state index in [1.54, 1.807) is 69.4 Å². The molecule has 0 aliphatic carbocycles. The Balaban J connectivity index is 1.50. The number of hydrogen-bond acceptors (Lipinski definition) is 7. The summed E-state index contributed by atoms with van der Waals surface area (Å²) in [5.41, 5.74) is 7.08. The van der Waals surface area contributed by atoms with Crippen molar-refractivity contribution < 1.29 is 24.3 Å². The molecule has 12 heteroatoms. The number of thioether (sulfide) groups is 1. The van der Waals surface area contributed by atoms with Crippen molar-refractivity contribution in [3.05, 3.63) is 66.0 Å². The molecule has 4 rings (SSSR count). The van der Waals surface area contributed by atoms with Crippen LogP contribution in [0.25, 0.3) is 0 Å². The van der Waals surface area contributed by atoms with E-state index in [0.29, 0.717) is 11.1 Å². The molecule has 1 aromatic carbocycles. The van der Waals surface area contributed by atoms with Gasteiger partial charge in [0.15, 0.2) is 0 Å². The Morgan fingerprint density at radius 1 is 1.16 bits per heavy atom. The zero-order chi connectivity index (χ0) is 26.9. The quantitative estimate of drug-likeness (QED) is 0.222. The predicted molar refractivity (Wildman–Crippen MR) is 137 cm³/mol. The third-order valence-corrected chi connectivity index (χ3v) is 7.90. The number of carbonyl (C=O) groups excluding carboxylic acids is 3. The van der Waals surface area contributed by atoms with Crippen molar-refractivity contribution in [2.75, 3.05) is 0 Å². The van der Waals surface area contributed by atoms with Gasteiger partial charge in [0, 0.05) is 22.7 Å². The lowest BCUT2D eigenvalue weighted by molar-refractivity contribution is -0.161. The third kappa shape index (κ3) is 5.15. The summed E-state index contributed by atoms with van der Waals surface area (Å²) in [6.45, 7) is 5.06. The summed E-state index contributed by atoms with van der Waals surface area (Å²) in [6.07, 6.45) is 3.12. The van der Waals surface area contributed by atoms with Gasteiger partial charge < -0.3 is 26.4 Å². The maximum atomic E-state index is 13.4. The number of fused-ring (bicyclic) bond motifs is 1. The van der Waals surface area contributed by atoms with Gasteiger partial charge in [-0.2, -0.15) is 0 Å². The number of carboxylic acids is 1. The van der Waals surface area contributed by atoms with Crippen LogP contribution >= 0.6 is 11.8 Å². The maximum absolute atomic E-state index is 13.4. The molecule has 1 aromatic heterocycles. The van der Waals surface area contributed by atoms with Crippen LogP contribution < -0.4 is 16.4 Å². The number of aliphatic carboxylic acids is 1. The van der Waals surface area contributed by atoms with Gasteiger partial charge in [0.25, 0.3) is 0 Å². The van der Waals surface area contributed by atoms with E-state index in [1.807, 2.05) is 0 Å². The van der Waals surface area contributed by atoms with E-state index in [9.17, 15) is 24.3 Å². The second-order valence-corrected chi connectivity index (χ2v) is 11.1. The molecule has 5 N–H and O–H groups in total. The number of aliphatic imine (C=N–C) groups is 1.